The highest BCUT2D eigenvalue weighted by molar-refractivity contribution is 8.03. The maximum Gasteiger partial charge on any atom is 0.337 e. The van der Waals surface area contributed by atoms with Crippen molar-refractivity contribution in [1.82, 2.24) is 15.5 Å². The summed E-state index contributed by atoms with van der Waals surface area (Å²) in [4.78, 5) is 38.7. The van der Waals surface area contributed by atoms with E-state index >= 15 is 0 Å². The number of aliphatic carboxylic acids is 1. The summed E-state index contributed by atoms with van der Waals surface area (Å²) >= 11 is 1.46. The van der Waals surface area contributed by atoms with Gasteiger partial charge < -0.3 is 25.4 Å². The van der Waals surface area contributed by atoms with Gasteiger partial charge in [0.25, 0.3) is 0 Å². The van der Waals surface area contributed by atoms with Crippen molar-refractivity contribution >= 4 is 29.6 Å². The van der Waals surface area contributed by atoms with Crippen LogP contribution in [-0.4, -0.2) is 73.6 Å². The minimum Gasteiger partial charge on any atom is -0.480 e. The van der Waals surface area contributed by atoms with E-state index in [0.29, 0.717) is 24.6 Å². The van der Waals surface area contributed by atoms with E-state index in [-0.39, 0.29) is 12.3 Å². The summed E-state index contributed by atoms with van der Waals surface area (Å²) in [6.07, 6.45) is 4.29. The van der Waals surface area contributed by atoms with Gasteiger partial charge in [0.1, 0.15) is 6.04 Å². The van der Waals surface area contributed by atoms with Gasteiger partial charge in [-0.25, -0.2) is 4.79 Å². The van der Waals surface area contributed by atoms with Crippen LogP contribution in [0.25, 0.3) is 0 Å². The van der Waals surface area contributed by atoms with E-state index in [4.69, 9.17) is 4.74 Å². The molecule has 30 heavy (non-hydrogen) atoms. The molecule has 1 aliphatic rings. The number of esters is 1. The largest absolute Gasteiger partial charge is 0.480 e. The van der Waals surface area contributed by atoms with Crippen molar-refractivity contribution in [1.29, 1.82) is 0 Å². The van der Waals surface area contributed by atoms with Gasteiger partial charge in [-0.2, -0.15) is 0 Å². The number of carbonyl (C=O) groups is 3. The lowest BCUT2D eigenvalue weighted by molar-refractivity contribution is -0.141. The van der Waals surface area contributed by atoms with Gasteiger partial charge in [-0.1, -0.05) is 6.58 Å². The fraction of sp³-hybridized carbons (Fsp3) is 0.667. The van der Waals surface area contributed by atoms with E-state index in [2.05, 4.69) is 17.2 Å². The number of carboxylic acid groups (broad SMARTS) is 1. The summed E-state index contributed by atoms with van der Waals surface area (Å²) in [6, 6.07) is -0.912. The number of carbonyl (C=O) groups excluding carboxylic acids is 2. The molecule has 1 amide bonds. The van der Waals surface area contributed by atoms with E-state index < -0.39 is 18.0 Å². The minimum absolute atomic E-state index is 0.126. The first-order chi connectivity index (χ1) is 14.3. The van der Waals surface area contributed by atoms with E-state index in [1.165, 1.54) is 11.8 Å². The van der Waals surface area contributed by atoms with Crippen LogP contribution in [0.5, 0.6) is 0 Å². The average molecular weight is 442 g/mol. The van der Waals surface area contributed by atoms with Gasteiger partial charge in [0.15, 0.2) is 0 Å². The molecule has 1 atom stereocenters. The molecule has 0 unspecified atom stereocenters. The summed E-state index contributed by atoms with van der Waals surface area (Å²) in [5.74, 6) is -1.44. The third kappa shape index (κ3) is 9.77. The number of allylic oxidation sites excluding steroid dienone is 1. The van der Waals surface area contributed by atoms with Crippen molar-refractivity contribution in [3.05, 3.63) is 22.6 Å². The standard InChI is InChI=1S/C21H35N3O5S/c1-5-29-21(28)15(2)16-9-6-7-10-18(16)30-14-23-19(25)13-17(20(26)27)22-11-8-12-24(3)4/h17,22H,2,5-14H2,1,3-4H3,(H,23,25)(H,26,27)/t17-/m1/s1. The van der Waals surface area contributed by atoms with Gasteiger partial charge >= 0.3 is 11.9 Å². The first-order valence-corrected chi connectivity index (χ1v) is 11.3. The van der Waals surface area contributed by atoms with Gasteiger partial charge in [-0.15, -0.1) is 11.8 Å². The molecule has 1 aliphatic carbocycles. The SMILES string of the molecule is C=C(C(=O)OCC)C1=C(SCNC(=O)C[C@@H](NCCCN(C)C)C(=O)O)CCCC1. The zero-order valence-corrected chi connectivity index (χ0v) is 19.1. The van der Waals surface area contributed by atoms with Crippen LogP contribution in [-0.2, 0) is 19.1 Å². The number of carboxylic acids is 1. The number of nitrogens with zero attached hydrogens (tertiary/aromatic N) is 1. The molecule has 170 valence electrons. The molecule has 0 saturated heterocycles. The van der Waals surface area contributed by atoms with Crippen LogP contribution < -0.4 is 10.6 Å². The molecule has 3 N–H and O–H groups in total. The lowest BCUT2D eigenvalue weighted by Crippen LogP contribution is -2.42. The van der Waals surface area contributed by atoms with Crippen LogP contribution in [0.1, 0.15) is 45.4 Å². The number of hydrogen-bond donors (Lipinski definition) is 3. The predicted octanol–water partition coefficient (Wildman–Crippen LogP) is 2.13. The predicted molar refractivity (Wildman–Crippen MR) is 119 cm³/mol. The van der Waals surface area contributed by atoms with Crippen LogP contribution in [0.15, 0.2) is 22.6 Å². The minimum atomic E-state index is -1.04. The molecule has 8 nitrogen and oxygen atoms in total. The van der Waals surface area contributed by atoms with Crippen LogP contribution in [0.2, 0.25) is 0 Å². The lowest BCUT2D eigenvalue weighted by Gasteiger charge is -2.21. The highest BCUT2D eigenvalue weighted by Crippen LogP contribution is 2.36. The monoisotopic (exact) mass is 441 g/mol. The smallest absolute Gasteiger partial charge is 0.337 e. The van der Waals surface area contributed by atoms with Crippen molar-refractivity contribution in [3.63, 3.8) is 0 Å². The van der Waals surface area contributed by atoms with E-state index in [1.807, 2.05) is 19.0 Å². The number of thioether (sulfide) groups is 1. The maximum absolute atomic E-state index is 12.2. The number of ether oxygens (including phenoxy) is 1. The zero-order chi connectivity index (χ0) is 22.5. The summed E-state index contributed by atoms with van der Waals surface area (Å²) in [5, 5.41) is 15.0. The van der Waals surface area contributed by atoms with Gasteiger partial charge in [0.2, 0.25) is 5.91 Å². The molecule has 9 heteroatoms. The van der Waals surface area contributed by atoms with Crippen LogP contribution in [0, 0.1) is 0 Å². The van der Waals surface area contributed by atoms with Crippen LogP contribution in [0.3, 0.4) is 0 Å². The zero-order valence-electron chi connectivity index (χ0n) is 18.3. The molecule has 0 saturated carbocycles. The first kappa shape index (κ1) is 26.2. The molecule has 0 aliphatic heterocycles. The number of amides is 1. The van der Waals surface area contributed by atoms with Gasteiger partial charge in [0, 0.05) is 0 Å². The Morgan fingerprint density at radius 1 is 1.27 bits per heavy atom. The molecule has 0 bridgehead atoms. The highest BCUT2D eigenvalue weighted by Gasteiger charge is 2.22. The van der Waals surface area contributed by atoms with Crippen LogP contribution >= 0.6 is 11.8 Å². The molecule has 1 rings (SSSR count). The van der Waals surface area contributed by atoms with E-state index in [1.54, 1.807) is 6.92 Å². The van der Waals surface area contributed by atoms with Crippen molar-refractivity contribution in [2.24, 2.45) is 0 Å². The highest BCUT2D eigenvalue weighted by atomic mass is 32.2. The Hall–Kier alpha value is -1.84. The topological polar surface area (TPSA) is 108 Å². The molecule has 0 aromatic carbocycles. The molecule has 0 spiro atoms. The number of rotatable bonds is 14. The quantitative estimate of drug-likeness (QED) is 0.163. The fourth-order valence-corrected chi connectivity index (χ4v) is 4.17. The van der Waals surface area contributed by atoms with Crippen molar-refractivity contribution in [2.45, 2.75) is 51.5 Å². The third-order valence-electron chi connectivity index (χ3n) is 4.68. The Bertz CT molecular complexity index is 649. The first-order valence-electron chi connectivity index (χ1n) is 10.3. The molecule has 0 aromatic heterocycles. The molecule has 0 radical (unpaired) electrons. The second kappa shape index (κ2) is 14.2. The van der Waals surface area contributed by atoms with E-state index in [9.17, 15) is 19.5 Å². The molecule has 0 aromatic rings. The van der Waals surface area contributed by atoms with Crippen molar-refractivity contribution < 1.29 is 24.2 Å². The number of nitrogens with one attached hydrogen (secondary N) is 2. The normalized spacial score (nSPS) is 15.1. The second-order valence-electron chi connectivity index (χ2n) is 7.40. The summed E-state index contributed by atoms with van der Waals surface area (Å²) in [5.41, 5.74) is 1.29. The summed E-state index contributed by atoms with van der Waals surface area (Å²) in [6.45, 7) is 7.32. The van der Waals surface area contributed by atoms with Gasteiger partial charge in [-0.3, -0.25) is 9.59 Å². The molecular formula is C21H35N3O5S. The molecule has 0 fully saturated rings. The summed E-state index contributed by atoms with van der Waals surface area (Å²) in [7, 11) is 3.91. The Labute approximate surface area is 183 Å². The molecular weight excluding hydrogens is 406 g/mol. The fourth-order valence-electron chi connectivity index (χ4n) is 3.08. The maximum atomic E-state index is 12.2. The molecule has 0 heterocycles. The second-order valence-corrected chi connectivity index (χ2v) is 8.47. The van der Waals surface area contributed by atoms with Crippen molar-refractivity contribution in [3.8, 4) is 0 Å². The lowest BCUT2D eigenvalue weighted by atomic mass is 9.94. The Morgan fingerprint density at radius 2 is 1.97 bits per heavy atom. The Morgan fingerprint density at radius 3 is 2.60 bits per heavy atom. The Kier molecular flexibility index (Phi) is 12.4. The Balaban J connectivity index is 2.52. The average Bonchev–Trinajstić information content (AvgIpc) is 2.70. The third-order valence-corrected chi connectivity index (χ3v) is 5.77. The van der Waals surface area contributed by atoms with E-state index in [0.717, 1.165) is 49.1 Å². The van der Waals surface area contributed by atoms with Gasteiger partial charge in [0.05, 0.1) is 24.5 Å². The van der Waals surface area contributed by atoms with Gasteiger partial charge in [-0.05, 0) is 76.7 Å². The van der Waals surface area contributed by atoms with Crippen molar-refractivity contribution in [2.75, 3.05) is 39.7 Å². The van der Waals surface area contributed by atoms with Crippen LogP contribution in [0.4, 0.5) is 0 Å². The number of hydrogen-bond acceptors (Lipinski definition) is 7. The summed E-state index contributed by atoms with van der Waals surface area (Å²) < 4.78 is 5.05.